The molecular weight excluding hydrogens is 274 g/mol. The number of carboxylic acids is 1. The van der Waals surface area contributed by atoms with Gasteiger partial charge in [0.05, 0.1) is 5.56 Å². The van der Waals surface area contributed by atoms with Gasteiger partial charge in [-0.3, -0.25) is 4.79 Å². The molecule has 0 aromatic heterocycles. The molecule has 1 saturated heterocycles. The topological polar surface area (TPSA) is 98.7 Å². The fourth-order valence-corrected chi connectivity index (χ4v) is 2.21. The van der Waals surface area contributed by atoms with Crippen molar-refractivity contribution in [3.63, 3.8) is 0 Å². The Morgan fingerprint density at radius 1 is 1.38 bits per heavy atom. The number of carbonyl (C=O) groups excluding carboxylic acids is 2. The van der Waals surface area contributed by atoms with Gasteiger partial charge in [-0.1, -0.05) is 6.07 Å². The molecule has 1 aliphatic rings. The largest absolute Gasteiger partial charge is 0.478 e. The molecule has 1 fully saturated rings. The fourth-order valence-electron chi connectivity index (χ4n) is 2.21. The number of nitrogens with one attached hydrogen (secondary N) is 2. The van der Waals surface area contributed by atoms with Crippen molar-refractivity contribution in [3.05, 3.63) is 29.8 Å². The molecule has 0 aliphatic carbocycles. The smallest absolute Gasteiger partial charge is 0.335 e. The summed E-state index contributed by atoms with van der Waals surface area (Å²) in [7, 11) is 1.70. The third kappa shape index (κ3) is 3.95. The fraction of sp³-hybridized carbons (Fsp3) is 0.357. The van der Waals surface area contributed by atoms with Gasteiger partial charge in [-0.05, 0) is 24.6 Å². The second kappa shape index (κ2) is 6.25. The Bertz CT molecular complexity index is 573. The van der Waals surface area contributed by atoms with E-state index in [4.69, 9.17) is 5.11 Å². The summed E-state index contributed by atoms with van der Waals surface area (Å²) in [6.07, 6.45) is 1.02. The van der Waals surface area contributed by atoms with Crippen molar-refractivity contribution in [1.82, 2.24) is 10.2 Å². The van der Waals surface area contributed by atoms with Gasteiger partial charge in [0.25, 0.3) is 0 Å². The Balaban J connectivity index is 1.91. The highest BCUT2D eigenvalue weighted by Crippen LogP contribution is 2.12. The van der Waals surface area contributed by atoms with Gasteiger partial charge < -0.3 is 20.6 Å². The van der Waals surface area contributed by atoms with Gasteiger partial charge >= 0.3 is 12.0 Å². The molecule has 0 saturated carbocycles. The molecule has 21 heavy (non-hydrogen) atoms. The van der Waals surface area contributed by atoms with Crippen LogP contribution in [0, 0.1) is 0 Å². The molecular formula is C14H17N3O4. The molecule has 1 heterocycles. The van der Waals surface area contributed by atoms with E-state index >= 15 is 0 Å². The number of aromatic carboxylic acids is 1. The molecule has 112 valence electrons. The van der Waals surface area contributed by atoms with E-state index in [-0.39, 0.29) is 17.5 Å². The highest BCUT2D eigenvalue weighted by atomic mass is 16.4. The zero-order chi connectivity index (χ0) is 15.4. The molecule has 1 unspecified atom stereocenters. The van der Waals surface area contributed by atoms with E-state index in [2.05, 4.69) is 10.6 Å². The van der Waals surface area contributed by atoms with Crippen LogP contribution in [0.5, 0.6) is 0 Å². The summed E-state index contributed by atoms with van der Waals surface area (Å²) in [6, 6.07) is 5.50. The Hall–Kier alpha value is -2.57. The summed E-state index contributed by atoms with van der Waals surface area (Å²) >= 11 is 0. The predicted molar refractivity (Wildman–Crippen MR) is 76.2 cm³/mol. The predicted octanol–water partition coefficient (Wildman–Crippen LogP) is 1.13. The van der Waals surface area contributed by atoms with E-state index in [9.17, 15) is 14.4 Å². The van der Waals surface area contributed by atoms with Gasteiger partial charge in [0, 0.05) is 31.7 Å². The van der Waals surface area contributed by atoms with Gasteiger partial charge in [-0.25, -0.2) is 9.59 Å². The summed E-state index contributed by atoms with van der Waals surface area (Å²) in [5.74, 6) is -0.978. The average Bonchev–Trinajstić information content (AvgIpc) is 2.43. The Kier molecular flexibility index (Phi) is 4.42. The molecule has 0 radical (unpaired) electrons. The lowest BCUT2D eigenvalue weighted by Crippen LogP contribution is -2.49. The van der Waals surface area contributed by atoms with E-state index in [1.54, 1.807) is 24.1 Å². The molecule has 1 aromatic rings. The number of hydrogen-bond acceptors (Lipinski definition) is 3. The number of benzene rings is 1. The Morgan fingerprint density at radius 3 is 2.81 bits per heavy atom. The summed E-state index contributed by atoms with van der Waals surface area (Å²) in [5, 5.41) is 14.3. The summed E-state index contributed by atoms with van der Waals surface area (Å²) in [6.45, 7) is 0.474. The zero-order valence-electron chi connectivity index (χ0n) is 11.6. The summed E-state index contributed by atoms with van der Waals surface area (Å²) < 4.78 is 0. The number of likely N-dealkylation sites (tertiary alicyclic amines) is 1. The normalized spacial score (nSPS) is 18.2. The molecule has 1 aliphatic heterocycles. The van der Waals surface area contributed by atoms with Gasteiger partial charge in [-0.2, -0.15) is 0 Å². The van der Waals surface area contributed by atoms with Crippen LogP contribution in [0.3, 0.4) is 0 Å². The van der Waals surface area contributed by atoms with Crippen molar-refractivity contribution in [3.8, 4) is 0 Å². The van der Waals surface area contributed by atoms with Crippen molar-refractivity contribution >= 4 is 23.6 Å². The Morgan fingerprint density at radius 2 is 2.14 bits per heavy atom. The second-order valence-electron chi connectivity index (χ2n) is 4.99. The van der Waals surface area contributed by atoms with E-state index in [0.29, 0.717) is 25.1 Å². The minimum Gasteiger partial charge on any atom is -0.478 e. The maximum Gasteiger partial charge on any atom is 0.335 e. The van der Waals surface area contributed by atoms with E-state index in [1.165, 1.54) is 12.1 Å². The number of hydrogen-bond donors (Lipinski definition) is 3. The molecule has 3 amide bonds. The first kappa shape index (κ1) is 14.8. The summed E-state index contributed by atoms with van der Waals surface area (Å²) in [4.78, 5) is 35.7. The number of urea groups is 1. The molecule has 3 N–H and O–H groups in total. The van der Waals surface area contributed by atoms with Crippen LogP contribution < -0.4 is 10.6 Å². The average molecular weight is 291 g/mol. The monoisotopic (exact) mass is 291 g/mol. The lowest BCUT2D eigenvalue weighted by molar-refractivity contribution is -0.132. The SMILES string of the molecule is CN1CC(NC(=O)Nc2cccc(C(=O)O)c2)CCC1=O. The van der Waals surface area contributed by atoms with Crippen molar-refractivity contribution in [2.45, 2.75) is 18.9 Å². The first-order valence-corrected chi connectivity index (χ1v) is 6.60. The van der Waals surface area contributed by atoms with Crippen LogP contribution in [0.2, 0.25) is 0 Å². The van der Waals surface area contributed by atoms with Gasteiger partial charge in [0.2, 0.25) is 5.91 Å². The van der Waals surface area contributed by atoms with Crippen LogP contribution in [0.4, 0.5) is 10.5 Å². The lowest BCUT2D eigenvalue weighted by atomic mass is 10.1. The first-order chi connectivity index (χ1) is 9.95. The maximum absolute atomic E-state index is 11.9. The van der Waals surface area contributed by atoms with E-state index in [1.807, 2.05) is 0 Å². The van der Waals surface area contributed by atoms with Crippen molar-refractivity contribution in [2.24, 2.45) is 0 Å². The molecule has 1 atom stereocenters. The van der Waals surface area contributed by atoms with E-state index in [0.717, 1.165) is 0 Å². The van der Waals surface area contributed by atoms with Gasteiger partial charge in [0.1, 0.15) is 0 Å². The van der Waals surface area contributed by atoms with Crippen molar-refractivity contribution in [2.75, 3.05) is 18.9 Å². The van der Waals surface area contributed by atoms with Crippen molar-refractivity contribution in [1.29, 1.82) is 0 Å². The van der Waals surface area contributed by atoms with E-state index < -0.39 is 12.0 Å². The minimum atomic E-state index is -1.05. The minimum absolute atomic E-state index is 0.0719. The molecule has 7 heteroatoms. The van der Waals surface area contributed by atoms with Crippen LogP contribution >= 0.6 is 0 Å². The number of anilines is 1. The second-order valence-corrected chi connectivity index (χ2v) is 4.99. The van der Waals surface area contributed by atoms with Crippen LogP contribution in [0.25, 0.3) is 0 Å². The first-order valence-electron chi connectivity index (χ1n) is 6.60. The highest BCUT2D eigenvalue weighted by molar-refractivity contribution is 5.93. The van der Waals surface area contributed by atoms with Crippen LogP contribution in [-0.4, -0.2) is 47.5 Å². The molecule has 0 spiro atoms. The van der Waals surface area contributed by atoms with Gasteiger partial charge in [-0.15, -0.1) is 0 Å². The van der Waals surface area contributed by atoms with Crippen LogP contribution in [-0.2, 0) is 4.79 Å². The number of carboxylic acid groups (broad SMARTS) is 1. The number of likely N-dealkylation sites (N-methyl/N-ethyl adjacent to an activating group) is 1. The van der Waals surface area contributed by atoms with Gasteiger partial charge in [0.15, 0.2) is 0 Å². The zero-order valence-corrected chi connectivity index (χ0v) is 11.6. The molecule has 0 bridgehead atoms. The maximum atomic E-state index is 11.9. The van der Waals surface area contributed by atoms with Crippen LogP contribution in [0.1, 0.15) is 23.2 Å². The van der Waals surface area contributed by atoms with Crippen LogP contribution in [0.15, 0.2) is 24.3 Å². The Labute approximate surface area is 121 Å². The number of rotatable bonds is 3. The number of amides is 3. The number of nitrogens with zero attached hydrogens (tertiary/aromatic N) is 1. The number of piperidine rings is 1. The number of carbonyl (C=O) groups is 3. The standard InChI is InChI=1S/C14H17N3O4/c1-17-8-11(5-6-12(17)18)16-14(21)15-10-4-2-3-9(7-10)13(19)20/h2-4,7,11H,5-6,8H2,1H3,(H,19,20)(H2,15,16,21). The molecule has 2 rings (SSSR count). The third-order valence-corrected chi connectivity index (χ3v) is 3.33. The third-order valence-electron chi connectivity index (χ3n) is 3.33. The quantitative estimate of drug-likeness (QED) is 0.777. The lowest BCUT2D eigenvalue weighted by Gasteiger charge is -2.30. The highest BCUT2D eigenvalue weighted by Gasteiger charge is 2.23. The summed E-state index contributed by atoms with van der Waals surface area (Å²) in [5.41, 5.74) is 0.517. The molecule has 7 nitrogen and oxygen atoms in total. The van der Waals surface area contributed by atoms with Crippen molar-refractivity contribution < 1.29 is 19.5 Å². The molecule has 1 aromatic carbocycles.